The third-order valence-electron chi connectivity index (χ3n) is 2.86. The Morgan fingerprint density at radius 2 is 1.85 bits per heavy atom. The van der Waals surface area contributed by atoms with E-state index in [1.807, 2.05) is 53.4 Å². The molecular weight excluding hydrogens is 254 g/mol. The van der Waals surface area contributed by atoms with E-state index in [1.165, 1.54) is 4.68 Å². The number of aryl methyl sites for hydroxylation is 1. The van der Waals surface area contributed by atoms with Crippen molar-refractivity contribution in [1.82, 2.24) is 19.6 Å². The van der Waals surface area contributed by atoms with E-state index >= 15 is 0 Å². The molecule has 1 aromatic carbocycles. The highest BCUT2D eigenvalue weighted by Gasteiger charge is 2.09. The van der Waals surface area contributed by atoms with Crippen molar-refractivity contribution in [1.29, 1.82) is 0 Å². The van der Waals surface area contributed by atoms with Gasteiger partial charge >= 0.3 is 0 Å². The van der Waals surface area contributed by atoms with Gasteiger partial charge in [-0.3, -0.25) is 9.48 Å². The van der Waals surface area contributed by atoms with Crippen LogP contribution in [0.1, 0.15) is 10.5 Å². The highest BCUT2D eigenvalue weighted by molar-refractivity contribution is 6.02. The van der Waals surface area contributed by atoms with E-state index < -0.39 is 0 Å². The van der Waals surface area contributed by atoms with Crippen molar-refractivity contribution >= 4 is 11.6 Å². The molecule has 0 aliphatic rings. The number of hydrogen-bond donors (Lipinski definition) is 1. The van der Waals surface area contributed by atoms with Crippen LogP contribution in [0, 0.1) is 0 Å². The molecule has 100 valence electrons. The van der Waals surface area contributed by atoms with Crippen LogP contribution in [0.15, 0.2) is 55.0 Å². The summed E-state index contributed by atoms with van der Waals surface area (Å²) < 4.78 is 3.48. The first-order chi connectivity index (χ1) is 9.72. The van der Waals surface area contributed by atoms with Crippen LogP contribution in [0.5, 0.6) is 0 Å². The number of rotatable bonds is 3. The van der Waals surface area contributed by atoms with Gasteiger partial charge in [0.25, 0.3) is 5.91 Å². The monoisotopic (exact) mass is 267 g/mol. The van der Waals surface area contributed by atoms with Crippen molar-refractivity contribution in [2.24, 2.45) is 7.05 Å². The van der Waals surface area contributed by atoms with Crippen LogP contribution in [0.4, 0.5) is 5.69 Å². The first kappa shape index (κ1) is 12.2. The summed E-state index contributed by atoms with van der Waals surface area (Å²) in [4.78, 5) is 11.9. The van der Waals surface area contributed by atoms with Crippen LogP contribution in [-0.4, -0.2) is 25.5 Å². The number of carbonyl (C=O) groups excluding carboxylic acids is 1. The fraction of sp³-hybridized carbons (Fsp3) is 0.0714. The zero-order valence-electron chi connectivity index (χ0n) is 10.9. The van der Waals surface area contributed by atoms with Gasteiger partial charge in [0, 0.05) is 30.8 Å². The lowest BCUT2D eigenvalue weighted by Gasteiger charge is -2.06. The molecule has 6 heteroatoms. The van der Waals surface area contributed by atoms with Crippen LogP contribution in [0.2, 0.25) is 0 Å². The van der Waals surface area contributed by atoms with Gasteiger partial charge in [-0.25, -0.2) is 0 Å². The minimum Gasteiger partial charge on any atom is -0.324 e. The first-order valence-corrected chi connectivity index (χ1v) is 6.13. The van der Waals surface area contributed by atoms with Gasteiger partial charge in [-0.05, 0) is 36.4 Å². The van der Waals surface area contributed by atoms with Crippen LogP contribution in [0.25, 0.3) is 5.69 Å². The fourth-order valence-electron chi connectivity index (χ4n) is 1.87. The molecule has 3 rings (SSSR count). The number of hydrogen-bond acceptors (Lipinski definition) is 3. The molecular formula is C14H13N5O. The standard InChI is InChI=1S/C14H13N5O/c1-18-10-13(16-17-18)14(20)15-11-4-6-12(7-5-11)19-8-2-3-9-19/h2-10H,1H3,(H,15,20). The normalized spacial score (nSPS) is 10.4. The molecule has 0 saturated carbocycles. The highest BCUT2D eigenvalue weighted by atomic mass is 16.2. The SMILES string of the molecule is Cn1cc(C(=O)Nc2ccc(-n3cccc3)cc2)nn1. The lowest BCUT2D eigenvalue weighted by molar-refractivity contribution is 0.102. The van der Waals surface area contributed by atoms with E-state index in [1.54, 1.807) is 13.2 Å². The maximum atomic E-state index is 11.9. The molecule has 2 aromatic heterocycles. The Morgan fingerprint density at radius 1 is 1.15 bits per heavy atom. The number of amides is 1. The largest absolute Gasteiger partial charge is 0.324 e. The predicted molar refractivity (Wildman–Crippen MR) is 74.7 cm³/mol. The Labute approximate surface area is 115 Å². The number of nitrogens with zero attached hydrogens (tertiary/aromatic N) is 4. The molecule has 0 atom stereocenters. The Bertz CT molecular complexity index is 712. The minimum atomic E-state index is -0.271. The number of aromatic nitrogens is 4. The number of benzene rings is 1. The Kier molecular flexibility index (Phi) is 3.04. The van der Waals surface area contributed by atoms with Crippen LogP contribution < -0.4 is 5.32 Å². The van der Waals surface area contributed by atoms with Gasteiger partial charge in [0.1, 0.15) is 0 Å². The molecule has 0 bridgehead atoms. The zero-order chi connectivity index (χ0) is 13.9. The lowest BCUT2D eigenvalue weighted by atomic mass is 10.2. The molecule has 0 radical (unpaired) electrons. The summed E-state index contributed by atoms with van der Waals surface area (Å²) in [5.74, 6) is -0.271. The molecule has 3 aromatic rings. The Morgan fingerprint density at radius 3 is 2.45 bits per heavy atom. The summed E-state index contributed by atoms with van der Waals surface area (Å²) in [6.07, 6.45) is 5.50. The summed E-state index contributed by atoms with van der Waals surface area (Å²) in [6, 6.07) is 11.5. The molecule has 0 unspecified atom stereocenters. The molecule has 1 N–H and O–H groups in total. The van der Waals surface area contributed by atoms with Crippen LogP contribution >= 0.6 is 0 Å². The number of nitrogens with one attached hydrogen (secondary N) is 1. The zero-order valence-corrected chi connectivity index (χ0v) is 10.9. The molecule has 0 aliphatic heterocycles. The van der Waals surface area contributed by atoms with Crippen molar-refractivity contribution in [2.45, 2.75) is 0 Å². The second-order valence-corrected chi connectivity index (χ2v) is 4.37. The van der Waals surface area contributed by atoms with Crippen LogP contribution in [-0.2, 0) is 7.05 Å². The summed E-state index contributed by atoms with van der Waals surface area (Å²) >= 11 is 0. The van der Waals surface area contributed by atoms with Crippen molar-refractivity contribution in [3.8, 4) is 5.69 Å². The Hall–Kier alpha value is -2.89. The third-order valence-corrected chi connectivity index (χ3v) is 2.86. The molecule has 0 saturated heterocycles. The maximum Gasteiger partial charge on any atom is 0.277 e. The van der Waals surface area contributed by atoms with Crippen molar-refractivity contribution in [3.63, 3.8) is 0 Å². The van der Waals surface area contributed by atoms with E-state index in [0.29, 0.717) is 5.69 Å². The summed E-state index contributed by atoms with van der Waals surface area (Å²) in [7, 11) is 1.72. The number of carbonyl (C=O) groups is 1. The Balaban J connectivity index is 1.74. The van der Waals surface area contributed by atoms with Gasteiger partial charge in [-0.2, -0.15) is 0 Å². The van der Waals surface area contributed by atoms with Gasteiger partial charge in [0.05, 0.1) is 6.20 Å². The van der Waals surface area contributed by atoms with E-state index in [2.05, 4.69) is 15.6 Å². The van der Waals surface area contributed by atoms with E-state index in [-0.39, 0.29) is 5.91 Å². The molecule has 0 spiro atoms. The summed E-state index contributed by atoms with van der Waals surface area (Å²) in [6.45, 7) is 0. The van der Waals surface area contributed by atoms with Crippen molar-refractivity contribution in [3.05, 3.63) is 60.7 Å². The molecule has 0 fully saturated rings. The van der Waals surface area contributed by atoms with Gasteiger partial charge < -0.3 is 9.88 Å². The van der Waals surface area contributed by atoms with Crippen molar-refractivity contribution in [2.75, 3.05) is 5.32 Å². The minimum absolute atomic E-state index is 0.271. The van der Waals surface area contributed by atoms with E-state index in [0.717, 1.165) is 11.4 Å². The van der Waals surface area contributed by atoms with E-state index in [9.17, 15) is 4.79 Å². The molecule has 2 heterocycles. The van der Waals surface area contributed by atoms with Gasteiger partial charge in [0.15, 0.2) is 5.69 Å². The average molecular weight is 267 g/mol. The second kappa shape index (κ2) is 5.00. The maximum absolute atomic E-state index is 11.9. The predicted octanol–water partition coefficient (Wildman–Crippen LogP) is 1.86. The number of anilines is 1. The van der Waals surface area contributed by atoms with Gasteiger partial charge in [-0.15, -0.1) is 5.10 Å². The molecule has 0 aliphatic carbocycles. The van der Waals surface area contributed by atoms with E-state index in [4.69, 9.17) is 0 Å². The summed E-state index contributed by atoms with van der Waals surface area (Å²) in [5.41, 5.74) is 2.05. The average Bonchev–Trinajstić information content (AvgIpc) is 3.10. The quantitative estimate of drug-likeness (QED) is 0.787. The van der Waals surface area contributed by atoms with Gasteiger partial charge in [0.2, 0.25) is 0 Å². The first-order valence-electron chi connectivity index (χ1n) is 6.13. The second-order valence-electron chi connectivity index (χ2n) is 4.37. The smallest absolute Gasteiger partial charge is 0.277 e. The highest BCUT2D eigenvalue weighted by Crippen LogP contribution is 2.14. The topological polar surface area (TPSA) is 64.7 Å². The van der Waals surface area contributed by atoms with Crippen LogP contribution in [0.3, 0.4) is 0 Å². The summed E-state index contributed by atoms with van der Waals surface area (Å²) in [5, 5.41) is 10.3. The molecule has 6 nitrogen and oxygen atoms in total. The van der Waals surface area contributed by atoms with Crippen molar-refractivity contribution < 1.29 is 4.79 Å². The van der Waals surface area contributed by atoms with Gasteiger partial charge in [-0.1, -0.05) is 5.21 Å². The third kappa shape index (κ3) is 2.44. The molecule has 1 amide bonds. The molecule has 20 heavy (non-hydrogen) atoms. The lowest BCUT2D eigenvalue weighted by Crippen LogP contribution is -2.12. The fourth-order valence-corrected chi connectivity index (χ4v) is 1.87.